The van der Waals surface area contributed by atoms with Crippen LogP contribution in [0.5, 0.6) is 11.5 Å². The second-order valence-corrected chi connectivity index (χ2v) is 9.51. The first-order valence-corrected chi connectivity index (χ1v) is 11.8. The van der Waals surface area contributed by atoms with Crippen molar-refractivity contribution in [2.24, 2.45) is 0 Å². The van der Waals surface area contributed by atoms with E-state index in [-0.39, 0.29) is 18.7 Å². The molecule has 0 bridgehead atoms. The Morgan fingerprint density at radius 3 is 2.97 bits per heavy atom. The fraction of sp³-hybridized carbons (Fsp3) is 0.381. The van der Waals surface area contributed by atoms with Crippen molar-refractivity contribution in [3.8, 4) is 11.5 Å². The van der Waals surface area contributed by atoms with Gasteiger partial charge in [0.1, 0.15) is 5.52 Å². The first-order valence-electron chi connectivity index (χ1n) is 10.2. The van der Waals surface area contributed by atoms with E-state index in [0.717, 1.165) is 63.9 Å². The van der Waals surface area contributed by atoms with Crippen LogP contribution >= 0.6 is 27.7 Å². The summed E-state index contributed by atoms with van der Waals surface area (Å²) in [5.41, 5.74) is 7.76. The summed E-state index contributed by atoms with van der Waals surface area (Å²) < 4.78 is 14.1. The summed E-state index contributed by atoms with van der Waals surface area (Å²) in [4.78, 5) is 23.9. The van der Waals surface area contributed by atoms with Crippen molar-refractivity contribution in [2.75, 3.05) is 19.1 Å². The van der Waals surface area contributed by atoms with Gasteiger partial charge in [-0.1, -0.05) is 11.8 Å². The van der Waals surface area contributed by atoms with Crippen LogP contribution in [0.15, 0.2) is 38.9 Å². The van der Waals surface area contributed by atoms with Gasteiger partial charge in [-0.05, 0) is 53.4 Å². The third-order valence-corrected chi connectivity index (χ3v) is 7.73. The number of hydrogen-bond acceptors (Lipinski definition) is 7. The molecule has 10 heteroatoms. The summed E-state index contributed by atoms with van der Waals surface area (Å²) in [6.45, 7) is 3.45. The molecule has 1 aromatic carbocycles. The van der Waals surface area contributed by atoms with E-state index in [1.54, 1.807) is 13.1 Å². The van der Waals surface area contributed by atoms with Crippen LogP contribution in [0.4, 0.5) is 5.82 Å². The first kappa shape index (κ1) is 20.4. The Bertz CT molecular complexity index is 1170. The second kappa shape index (κ2) is 8.23. The lowest BCUT2D eigenvalue weighted by Gasteiger charge is -2.23. The quantitative estimate of drug-likeness (QED) is 0.560. The van der Waals surface area contributed by atoms with Crippen LogP contribution in [-0.4, -0.2) is 44.7 Å². The van der Waals surface area contributed by atoms with Gasteiger partial charge in [-0.3, -0.25) is 4.79 Å². The third kappa shape index (κ3) is 3.82. The van der Waals surface area contributed by atoms with Crippen molar-refractivity contribution in [3.05, 3.63) is 28.9 Å². The number of pyridine rings is 1. The molecule has 1 unspecified atom stereocenters. The molecular weight excluding hydrogens is 482 g/mol. The molecule has 0 saturated carbocycles. The van der Waals surface area contributed by atoms with Crippen LogP contribution in [0.1, 0.15) is 26.2 Å². The van der Waals surface area contributed by atoms with E-state index < -0.39 is 0 Å². The largest absolute Gasteiger partial charge is 0.454 e. The van der Waals surface area contributed by atoms with Gasteiger partial charge < -0.3 is 24.7 Å². The van der Waals surface area contributed by atoms with Crippen LogP contribution in [0.25, 0.3) is 11.0 Å². The highest BCUT2D eigenvalue weighted by atomic mass is 79.9. The van der Waals surface area contributed by atoms with Crippen LogP contribution < -0.4 is 15.2 Å². The van der Waals surface area contributed by atoms with E-state index in [1.807, 2.05) is 23.1 Å². The van der Waals surface area contributed by atoms with Crippen molar-refractivity contribution in [3.63, 3.8) is 0 Å². The lowest BCUT2D eigenvalue weighted by Crippen LogP contribution is -2.34. The van der Waals surface area contributed by atoms with Gasteiger partial charge in [-0.2, -0.15) is 0 Å². The van der Waals surface area contributed by atoms with Crippen LogP contribution in [0.3, 0.4) is 0 Å². The van der Waals surface area contributed by atoms with Gasteiger partial charge >= 0.3 is 0 Å². The lowest BCUT2D eigenvalue weighted by atomic mass is 10.1. The number of amides is 1. The summed E-state index contributed by atoms with van der Waals surface area (Å²) in [6, 6.07) is 6.06. The number of likely N-dealkylation sites (tertiary alicyclic amines) is 1. The average Bonchev–Trinajstić information content (AvgIpc) is 3.45. The molecule has 3 aromatic rings. The van der Waals surface area contributed by atoms with Crippen molar-refractivity contribution in [1.82, 2.24) is 19.4 Å². The van der Waals surface area contributed by atoms with E-state index in [4.69, 9.17) is 20.2 Å². The number of imidazole rings is 1. The standard InChI is InChI=1S/C21H22BrN5O3S/c1-12(28)26-7-2-3-13(26)5-8-27-15-4-6-24-20(23)19(15)25-21(27)31-18-10-17-16(9-14(18)22)29-11-30-17/h4,6,9-10,13H,2-3,5,7-8,11H2,1H3,(H2,23,24). The molecule has 4 heterocycles. The molecule has 8 nitrogen and oxygen atoms in total. The van der Waals surface area contributed by atoms with E-state index in [0.29, 0.717) is 11.3 Å². The van der Waals surface area contributed by atoms with Crippen molar-refractivity contribution in [2.45, 2.75) is 48.8 Å². The van der Waals surface area contributed by atoms with Gasteiger partial charge in [-0.15, -0.1) is 0 Å². The lowest BCUT2D eigenvalue weighted by molar-refractivity contribution is -0.129. The maximum Gasteiger partial charge on any atom is 0.231 e. The Hall–Kier alpha value is -2.46. The molecule has 1 amide bonds. The molecule has 2 N–H and O–H groups in total. The normalized spacial score (nSPS) is 17.6. The van der Waals surface area contributed by atoms with Gasteiger partial charge in [0.25, 0.3) is 0 Å². The molecule has 162 valence electrons. The van der Waals surface area contributed by atoms with Crippen molar-refractivity contribution < 1.29 is 14.3 Å². The Kier molecular flexibility index (Phi) is 5.43. The number of anilines is 1. The molecule has 2 aliphatic rings. The summed E-state index contributed by atoms with van der Waals surface area (Å²) in [5, 5.41) is 0.821. The molecular formula is C21H22BrN5O3S. The van der Waals surface area contributed by atoms with E-state index >= 15 is 0 Å². The zero-order chi connectivity index (χ0) is 21.5. The zero-order valence-electron chi connectivity index (χ0n) is 17.0. The van der Waals surface area contributed by atoms with Crippen LogP contribution in [0, 0.1) is 0 Å². The molecule has 0 spiro atoms. The highest BCUT2D eigenvalue weighted by Gasteiger charge is 2.27. The van der Waals surface area contributed by atoms with Crippen molar-refractivity contribution >= 4 is 50.5 Å². The fourth-order valence-electron chi connectivity index (χ4n) is 4.25. The predicted molar refractivity (Wildman–Crippen MR) is 121 cm³/mol. The number of nitrogen functional groups attached to an aromatic ring is 1. The highest BCUT2D eigenvalue weighted by Crippen LogP contribution is 2.43. The van der Waals surface area contributed by atoms with E-state index in [1.165, 1.54) is 11.8 Å². The number of benzene rings is 1. The highest BCUT2D eigenvalue weighted by molar-refractivity contribution is 9.10. The number of rotatable bonds is 5. The average molecular weight is 504 g/mol. The topological polar surface area (TPSA) is 95.5 Å². The fourth-order valence-corrected chi connectivity index (χ4v) is 5.77. The molecule has 2 aromatic heterocycles. The summed E-state index contributed by atoms with van der Waals surface area (Å²) in [6.07, 6.45) is 4.66. The molecule has 1 fully saturated rings. The number of hydrogen-bond donors (Lipinski definition) is 1. The smallest absolute Gasteiger partial charge is 0.231 e. The molecule has 5 rings (SSSR count). The maximum absolute atomic E-state index is 12.0. The van der Waals surface area contributed by atoms with E-state index in [2.05, 4.69) is 25.5 Å². The Balaban J connectivity index is 1.48. The number of carbonyl (C=O) groups excluding carboxylic acids is 1. The molecule has 1 atom stereocenters. The van der Waals surface area contributed by atoms with Gasteiger partial charge in [0, 0.05) is 41.6 Å². The van der Waals surface area contributed by atoms with Gasteiger partial charge in [0.05, 0.1) is 5.52 Å². The number of ether oxygens (including phenoxy) is 2. The molecule has 0 aliphatic carbocycles. The molecule has 31 heavy (non-hydrogen) atoms. The summed E-state index contributed by atoms with van der Waals surface area (Å²) in [5.74, 6) is 2.00. The number of aromatic nitrogens is 3. The number of nitrogens with zero attached hydrogens (tertiary/aromatic N) is 4. The zero-order valence-corrected chi connectivity index (χ0v) is 19.4. The van der Waals surface area contributed by atoms with Gasteiger partial charge in [-0.25, -0.2) is 9.97 Å². The first-order chi connectivity index (χ1) is 15.0. The molecule has 1 saturated heterocycles. The molecule has 2 aliphatic heterocycles. The van der Waals surface area contributed by atoms with E-state index in [9.17, 15) is 4.79 Å². The number of fused-ring (bicyclic) bond motifs is 2. The Morgan fingerprint density at radius 2 is 2.16 bits per heavy atom. The summed E-state index contributed by atoms with van der Waals surface area (Å²) >= 11 is 5.17. The Labute approximate surface area is 192 Å². The minimum Gasteiger partial charge on any atom is -0.454 e. The summed E-state index contributed by atoms with van der Waals surface area (Å²) in [7, 11) is 0. The number of carbonyl (C=O) groups is 1. The predicted octanol–water partition coefficient (Wildman–Crippen LogP) is 4.06. The number of halogens is 1. The second-order valence-electron chi connectivity index (χ2n) is 7.65. The Morgan fingerprint density at radius 1 is 1.35 bits per heavy atom. The number of aryl methyl sites for hydroxylation is 1. The van der Waals surface area contributed by atoms with Crippen molar-refractivity contribution in [1.29, 1.82) is 0 Å². The van der Waals surface area contributed by atoms with Gasteiger partial charge in [0.2, 0.25) is 12.7 Å². The SMILES string of the molecule is CC(=O)N1CCCC1CCn1c(Sc2cc3c(cc2Br)OCO3)nc2c(N)nccc21. The van der Waals surface area contributed by atoms with Crippen LogP contribution in [0.2, 0.25) is 0 Å². The third-order valence-electron chi connectivity index (χ3n) is 5.76. The maximum atomic E-state index is 12.0. The number of nitrogens with two attached hydrogens (primary N) is 1. The molecule has 0 radical (unpaired) electrons. The minimum absolute atomic E-state index is 0.144. The monoisotopic (exact) mass is 503 g/mol. The van der Waals surface area contributed by atoms with Crippen LogP contribution in [-0.2, 0) is 11.3 Å². The minimum atomic E-state index is 0.144. The van der Waals surface area contributed by atoms with Gasteiger partial charge in [0.15, 0.2) is 22.5 Å².